The zero-order valence-corrected chi connectivity index (χ0v) is 31.5. The van der Waals surface area contributed by atoms with Gasteiger partial charge in [0.15, 0.2) is 0 Å². The van der Waals surface area contributed by atoms with Gasteiger partial charge in [0.2, 0.25) is 0 Å². The minimum absolute atomic E-state index is 1.10. The van der Waals surface area contributed by atoms with E-state index in [1.165, 1.54) is 75.8 Å². The molecule has 0 saturated carbocycles. The van der Waals surface area contributed by atoms with Crippen molar-refractivity contribution in [2.24, 2.45) is 0 Å². The van der Waals surface area contributed by atoms with E-state index in [9.17, 15) is 0 Å². The van der Waals surface area contributed by atoms with Gasteiger partial charge >= 0.3 is 0 Å². The Bertz CT molecular complexity index is 2910. The summed E-state index contributed by atoms with van der Waals surface area (Å²) in [5.41, 5.74) is 15.4. The van der Waals surface area contributed by atoms with Crippen molar-refractivity contribution >= 4 is 48.6 Å². The fraction of sp³-hybridized carbons (Fsp3) is 0. The lowest BCUT2D eigenvalue weighted by atomic mass is 9.97. The number of thiophene rings is 1. The monoisotopic (exact) mass is 731 g/mol. The first-order valence-electron chi connectivity index (χ1n) is 19.1. The Balaban J connectivity index is 1.05. The molecule has 0 amide bonds. The lowest BCUT2D eigenvalue weighted by Crippen LogP contribution is -2.11. The highest BCUT2D eigenvalue weighted by Crippen LogP contribution is 2.44. The van der Waals surface area contributed by atoms with Gasteiger partial charge < -0.3 is 4.90 Å². The third-order valence-electron chi connectivity index (χ3n) is 10.7. The highest BCUT2D eigenvalue weighted by atomic mass is 32.1. The predicted octanol–water partition coefficient (Wildman–Crippen LogP) is 15.9. The molecule has 0 bridgehead atoms. The van der Waals surface area contributed by atoms with Gasteiger partial charge in [-0.15, -0.1) is 11.3 Å². The Morgan fingerprint density at radius 2 is 0.661 bits per heavy atom. The maximum absolute atomic E-state index is 2.40. The Kier molecular flexibility index (Phi) is 8.79. The zero-order chi connectivity index (χ0) is 37.3. The highest BCUT2D eigenvalue weighted by Gasteiger charge is 2.18. The third-order valence-corrected chi connectivity index (χ3v) is 12.0. The lowest BCUT2D eigenvalue weighted by molar-refractivity contribution is 1.28. The van der Waals surface area contributed by atoms with Crippen molar-refractivity contribution < 1.29 is 0 Å². The number of benzene rings is 9. The maximum Gasteiger partial charge on any atom is 0.0540 e. The van der Waals surface area contributed by atoms with Crippen LogP contribution in [0.1, 0.15) is 0 Å². The standard InChI is InChI=1S/C54H37NS/c1-3-12-38(13-4-1)40-22-24-42(25-23-40)43-30-34-46(35-31-43)55(52-20-9-7-16-48(52)44-28-26-41(27-29-44)39-14-5-2-6-15-39)47-36-32-45(33-37-47)49-18-11-19-51-50-17-8-10-21-53(50)56-54(49)51/h1-37H. The molecule has 0 aliphatic heterocycles. The summed E-state index contributed by atoms with van der Waals surface area (Å²) >= 11 is 1.87. The molecule has 1 aromatic heterocycles. The van der Waals surface area contributed by atoms with Gasteiger partial charge in [-0.3, -0.25) is 0 Å². The van der Waals surface area contributed by atoms with Crippen molar-refractivity contribution in [3.63, 3.8) is 0 Å². The van der Waals surface area contributed by atoms with Crippen LogP contribution >= 0.6 is 11.3 Å². The van der Waals surface area contributed by atoms with E-state index < -0.39 is 0 Å². The first-order chi connectivity index (χ1) is 27.8. The van der Waals surface area contributed by atoms with Crippen LogP contribution in [0.4, 0.5) is 17.1 Å². The second-order valence-electron chi connectivity index (χ2n) is 14.1. The third kappa shape index (κ3) is 6.36. The van der Waals surface area contributed by atoms with Crippen LogP contribution in [-0.2, 0) is 0 Å². The first kappa shape index (κ1) is 33.6. The summed E-state index contributed by atoms with van der Waals surface area (Å²) < 4.78 is 2.65. The van der Waals surface area contributed by atoms with E-state index in [0.717, 1.165) is 17.1 Å². The average molecular weight is 732 g/mol. The molecule has 0 spiro atoms. The number of hydrogen-bond donors (Lipinski definition) is 0. The smallest absolute Gasteiger partial charge is 0.0540 e. The zero-order valence-electron chi connectivity index (χ0n) is 30.7. The van der Waals surface area contributed by atoms with E-state index >= 15 is 0 Å². The lowest BCUT2D eigenvalue weighted by Gasteiger charge is -2.28. The van der Waals surface area contributed by atoms with Crippen LogP contribution in [0.5, 0.6) is 0 Å². The molecule has 0 aliphatic rings. The van der Waals surface area contributed by atoms with Crippen LogP contribution in [-0.4, -0.2) is 0 Å². The molecule has 56 heavy (non-hydrogen) atoms. The number of fused-ring (bicyclic) bond motifs is 3. The highest BCUT2D eigenvalue weighted by molar-refractivity contribution is 7.26. The summed E-state index contributed by atoms with van der Waals surface area (Å²) in [6, 6.07) is 81.2. The second kappa shape index (κ2) is 14.7. The Labute approximate surface area is 332 Å². The number of nitrogens with zero attached hydrogens (tertiary/aromatic N) is 1. The van der Waals surface area contributed by atoms with Crippen LogP contribution in [0.15, 0.2) is 224 Å². The van der Waals surface area contributed by atoms with Gasteiger partial charge in [0.05, 0.1) is 5.69 Å². The van der Waals surface area contributed by atoms with E-state index in [4.69, 9.17) is 0 Å². The van der Waals surface area contributed by atoms with Gasteiger partial charge in [0.1, 0.15) is 0 Å². The molecule has 0 fully saturated rings. The quantitative estimate of drug-likeness (QED) is 0.150. The summed E-state index contributed by atoms with van der Waals surface area (Å²) in [6.45, 7) is 0. The van der Waals surface area contributed by atoms with E-state index in [-0.39, 0.29) is 0 Å². The van der Waals surface area contributed by atoms with Gasteiger partial charge in [-0.2, -0.15) is 0 Å². The summed E-state index contributed by atoms with van der Waals surface area (Å²) in [5, 5.41) is 2.64. The Hall–Kier alpha value is -7.00. The van der Waals surface area contributed by atoms with Crippen molar-refractivity contribution in [3.05, 3.63) is 224 Å². The van der Waals surface area contributed by atoms with Crippen molar-refractivity contribution in [1.82, 2.24) is 0 Å². The van der Waals surface area contributed by atoms with Gasteiger partial charge in [0.25, 0.3) is 0 Å². The van der Waals surface area contributed by atoms with E-state index in [2.05, 4.69) is 229 Å². The van der Waals surface area contributed by atoms with Crippen LogP contribution in [0.3, 0.4) is 0 Å². The molecule has 1 nitrogen and oxygen atoms in total. The first-order valence-corrected chi connectivity index (χ1v) is 19.9. The molecule has 0 unspecified atom stereocenters. The van der Waals surface area contributed by atoms with Gasteiger partial charge in [-0.1, -0.05) is 188 Å². The van der Waals surface area contributed by atoms with E-state index in [1.807, 2.05) is 11.3 Å². The second-order valence-corrected chi connectivity index (χ2v) is 15.2. The van der Waals surface area contributed by atoms with Gasteiger partial charge in [-0.25, -0.2) is 0 Å². The molecule has 10 rings (SSSR count). The van der Waals surface area contributed by atoms with Crippen LogP contribution < -0.4 is 4.90 Å². The molecular formula is C54H37NS. The van der Waals surface area contributed by atoms with Gasteiger partial charge in [-0.05, 0) is 86.5 Å². The fourth-order valence-corrected chi connectivity index (χ4v) is 9.10. The maximum atomic E-state index is 2.40. The molecule has 1 heterocycles. The molecule has 9 aromatic carbocycles. The number of hydrogen-bond acceptors (Lipinski definition) is 2. The average Bonchev–Trinajstić information content (AvgIpc) is 3.67. The summed E-state index contributed by atoms with van der Waals surface area (Å²) in [4.78, 5) is 2.40. The minimum Gasteiger partial charge on any atom is -0.310 e. The van der Waals surface area contributed by atoms with Crippen molar-refractivity contribution in [2.75, 3.05) is 4.90 Å². The molecule has 10 aromatic rings. The van der Waals surface area contributed by atoms with Crippen molar-refractivity contribution in [2.45, 2.75) is 0 Å². The Morgan fingerprint density at radius 1 is 0.268 bits per heavy atom. The number of anilines is 3. The van der Waals surface area contributed by atoms with E-state index in [0.29, 0.717) is 0 Å². The molecule has 264 valence electrons. The number of rotatable bonds is 8. The summed E-state index contributed by atoms with van der Waals surface area (Å²) in [6.07, 6.45) is 0. The molecule has 0 radical (unpaired) electrons. The molecular weight excluding hydrogens is 695 g/mol. The molecule has 2 heteroatoms. The SMILES string of the molecule is c1ccc(-c2ccc(-c3ccc(N(c4ccc(-c5cccc6c5sc5ccccc56)cc4)c4ccccc4-c4ccc(-c5ccccc5)cc4)cc3)cc2)cc1. The fourth-order valence-electron chi connectivity index (χ4n) is 7.87. The molecule has 0 N–H and O–H groups in total. The number of para-hydroxylation sites is 1. The minimum atomic E-state index is 1.10. The summed E-state index contributed by atoms with van der Waals surface area (Å²) in [5.74, 6) is 0. The molecule has 0 aliphatic carbocycles. The van der Waals surface area contributed by atoms with Crippen molar-refractivity contribution in [1.29, 1.82) is 0 Å². The largest absolute Gasteiger partial charge is 0.310 e. The van der Waals surface area contributed by atoms with Crippen LogP contribution in [0.2, 0.25) is 0 Å². The normalized spacial score (nSPS) is 11.2. The summed E-state index contributed by atoms with van der Waals surface area (Å²) in [7, 11) is 0. The van der Waals surface area contributed by atoms with Crippen LogP contribution in [0.25, 0.3) is 75.8 Å². The van der Waals surface area contributed by atoms with Crippen molar-refractivity contribution in [3.8, 4) is 55.6 Å². The predicted molar refractivity (Wildman–Crippen MR) is 241 cm³/mol. The van der Waals surface area contributed by atoms with Gasteiger partial charge in [0, 0.05) is 37.1 Å². The molecule has 0 saturated heterocycles. The molecule has 0 atom stereocenters. The topological polar surface area (TPSA) is 3.24 Å². The van der Waals surface area contributed by atoms with Crippen LogP contribution in [0, 0.1) is 0 Å². The van der Waals surface area contributed by atoms with E-state index in [1.54, 1.807) is 0 Å². The Morgan fingerprint density at radius 3 is 1.25 bits per heavy atom.